The number of nitrogens with zero attached hydrogens (tertiary/aromatic N) is 3. The van der Waals surface area contributed by atoms with Gasteiger partial charge in [-0.25, -0.2) is 4.79 Å². The van der Waals surface area contributed by atoms with Gasteiger partial charge in [0.2, 0.25) is 0 Å². The Balaban J connectivity index is 1.42. The Hall–Kier alpha value is -2.34. The summed E-state index contributed by atoms with van der Waals surface area (Å²) in [5.74, 6) is 0.208. The number of hydrogen-bond donors (Lipinski definition) is 0. The number of likely N-dealkylation sites (tertiary alicyclic amines) is 2. The predicted octanol–water partition coefficient (Wildman–Crippen LogP) is 4.69. The van der Waals surface area contributed by atoms with E-state index in [2.05, 4.69) is 49.2 Å². The molecule has 3 aliphatic rings. The van der Waals surface area contributed by atoms with E-state index in [1.54, 1.807) is 0 Å². The second kappa shape index (κ2) is 10.9. The van der Waals surface area contributed by atoms with Gasteiger partial charge in [0.25, 0.3) is 5.91 Å². The number of hydrogen-bond acceptors (Lipinski definition) is 4. The summed E-state index contributed by atoms with van der Waals surface area (Å²) in [6.07, 6.45) is 9.29. The first-order chi connectivity index (χ1) is 16.5. The van der Waals surface area contributed by atoms with Crippen molar-refractivity contribution in [1.82, 2.24) is 14.7 Å². The summed E-state index contributed by atoms with van der Waals surface area (Å²) in [4.78, 5) is 31.6. The molecule has 2 heterocycles. The molecule has 0 N–H and O–H groups in total. The predicted molar refractivity (Wildman–Crippen MR) is 136 cm³/mol. The van der Waals surface area contributed by atoms with E-state index >= 15 is 0 Å². The molecule has 1 atom stereocenters. The van der Waals surface area contributed by atoms with Gasteiger partial charge in [-0.05, 0) is 76.6 Å². The molecule has 6 heteroatoms. The van der Waals surface area contributed by atoms with Gasteiger partial charge in [0.1, 0.15) is 0 Å². The van der Waals surface area contributed by atoms with Crippen molar-refractivity contribution >= 4 is 17.6 Å². The van der Waals surface area contributed by atoms with E-state index in [4.69, 9.17) is 4.74 Å². The zero-order valence-corrected chi connectivity index (χ0v) is 21.2. The third-order valence-electron chi connectivity index (χ3n) is 8.34. The van der Waals surface area contributed by atoms with Crippen LogP contribution in [0, 0.1) is 0 Å². The maximum absolute atomic E-state index is 13.3. The monoisotopic (exact) mass is 467 g/mol. The van der Waals surface area contributed by atoms with Gasteiger partial charge in [0.15, 0.2) is 0 Å². The summed E-state index contributed by atoms with van der Waals surface area (Å²) in [5.41, 5.74) is 3.44. The number of amides is 2. The summed E-state index contributed by atoms with van der Waals surface area (Å²) in [6.45, 7) is 8.88. The Morgan fingerprint density at radius 1 is 1.06 bits per heavy atom. The van der Waals surface area contributed by atoms with Gasteiger partial charge in [0.05, 0.1) is 6.61 Å². The van der Waals surface area contributed by atoms with E-state index in [9.17, 15) is 9.59 Å². The maximum atomic E-state index is 13.3. The smallest absolute Gasteiger partial charge is 0.409 e. The van der Waals surface area contributed by atoms with Crippen LogP contribution in [0.1, 0.15) is 69.9 Å². The number of carbonyl (C=O) groups excluding carboxylic acids is 2. The first-order valence-corrected chi connectivity index (χ1v) is 13.2. The fourth-order valence-corrected chi connectivity index (χ4v) is 6.02. The number of rotatable bonds is 7. The van der Waals surface area contributed by atoms with E-state index in [0.717, 1.165) is 88.8 Å². The second-order valence-electron chi connectivity index (χ2n) is 10.1. The first kappa shape index (κ1) is 24.8. The molecular formula is C28H41N3O3. The minimum Gasteiger partial charge on any atom is -0.450 e. The highest BCUT2D eigenvalue weighted by molar-refractivity contribution is 6.20. The lowest BCUT2D eigenvalue weighted by Gasteiger charge is -2.41. The van der Waals surface area contributed by atoms with Crippen LogP contribution >= 0.6 is 0 Å². The average molecular weight is 468 g/mol. The number of carbonyl (C=O) groups is 2. The SMILES string of the molecule is CCOC(=O)N1CCC(N(C)CCC2(CC)CC=C(C(=O)N3CCCC3)c3ccccc32)CC1. The van der Waals surface area contributed by atoms with Crippen LogP contribution in [0.5, 0.6) is 0 Å². The Morgan fingerprint density at radius 3 is 2.44 bits per heavy atom. The number of piperidine rings is 1. The van der Waals surface area contributed by atoms with Crippen molar-refractivity contribution in [3.63, 3.8) is 0 Å². The van der Waals surface area contributed by atoms with Crippen LogP contribution < -0.4 is 0 Å². The molecule has 2 saturated heterocycles. The Morgan fingerprint density at radius 2 is 1.76 bits per heavy atom. The van der Waals surface area contributed by atoms with E-state index < -0.39 is 0 Å². The molecule has 2 fully saturated rings. The minimum atomic E-state index is -0.182. The summed E-state index contributed by atoms with van der Waals surface area (Å²) in [6, 6.07) is 9.08. The quantitative estimate of drug-likeness (QED) is 0.584. The zero-order chi connectivity index (χ0) is 24.1. The van der Waals surface area contributed by atoms with Gasteiger partial charge in [0, 0.05) is 43.2 Å². The standard InChI is InChI=1S/C28H41N3O3/c1-4-28(16-21-29(3)22-13-19-31(20-14-22)27(33)34-5-2)15-12-24(23-10-6-7-11-25(23)28)26(32)30-17-8-9-18-30/h6-7,10-12,22H,4-5,8-9,13-21H2,1-3H3. The van der Waals surface area contributed by atoms with Gasteiger partial charge < -0.3 is 19.4 Å². The molecule has 0 radical (unpaired) electrons. The summed E-state index contributed by atoms with van der Waals surface area (Å²) >= 11 is 0. The van der Waals surface area contributed by atoms with Gasteiger partial charge in [-0.2, -0.15) is 0 Å². The fraction of sp³-hybridized carbons (Fsp3) is 0.643. The second-order valence-corrected chi connectivity index (χ2v) is 10.1. The molecule has 0 spiro atoms. The van der Waals surface area contributed by atoms with Crippen LogP contribution in [0.2, 0.25) is 0 Å². The summed E-state index contributed by atoms with van der Waals surface area (Å²) in [7, 11) is 2.22. The topological polar surface area (TPSA) is 53.1 Å². The lowest BCUT2D eigenvalue weighted by molar-refractivity contribution is -0.124. The molecule has 0 aromatic heterocycles. The van der Waals surface area contributed by atoms with E-state index in [1.165, 1.54) is 5.56 Å². The van der Waals surface area contributed by atoms with E-state index in [-0.39, 0.29) is 17.4 Å². The molecule has 2 aliphatic heterocycles. The van der Waals surface area contributed by atoms with Crippen molar-refractivity contribution in [2.75, 3.05) is 46.4 Å². The van der Waals surface area contributed by atoms with Gasteiger partial charge in [-0.15, -0.1) is 0 Å². The van der Waals surface area contributed by atoms with E-state index in [0.29, 0.717) is 12.6 Å². The lowest BCUT2D eigenvalue weighted by atomic mass is 9.67. The van der Waals surface area contributed by atoms with Gasteiger partial charge >= 0.3 is 6.09 Å². The largest absolute Gasteiger partial charge is 0.450 e. The number of fused-ring (bicyclic) bond motifs is 1. The van der Waals surface area contributed by atoms with Crippen LogP contribution in [0.3, 0.4) is 0 Å². The van der Waals surface area contributed by atoms with Crippen LogP contribution in [0.4, 0.5) is 4.79 Å². The molecule has 0 saturated carbocycles. The van der Waals surface area contributed by atoms with Crippen LogP contribution in [0.25, 0.3) is 5.57 Å². The third-order valence-corrected chi connectivity index (χ3v) is 8.34. The van der Waals surface area contributed by atoms with Crippen molar-refractivity contribution in [2.24, 2.45) is 0 Å². The molecule has 1 aromatic carbocycles. The zero-order valence-electron chi connectivity index (χ0n) is 21.2. The van der Waals surface area contributed by atoms with Crippen molar-refractivity contribution in [3.8, 4) is 0 Å². The molecule has 34 heavy (non-hydrogen) atoms. The fourth-order valence-electron chi connectivity index (χ4n) is 6.02. The summed E-state index contributed by atoms with van der Waals surface area (Å²) < 4.78 is 5.16. The third kappa shape index (κ3) is 5.02. The Kier molecular flexibility index (Phi) is 7.97. The molecule has 1 aliphatic carbocycles. The van der Waals surface area contributed by atoms with Crippen molar-refractivity contribution in [3.05, 3.63) is 41.5 Å². The minimum absolute atomic E-state index is 0.0608. The highest BCUT2D eigenvalue weighted by atomic mass is 16.6. The van der Waals surface area contributed by atoms with Gasteiger partial charge in [-0.3, -0.25) is 4.79 Å². The van der Waals surface area contributed by atoms with Crippen molar-refractivity contribution in [1.29, 1.82) is 0 Å². The maximum Gasteiger partial charge on any atom is 0.409 e. The number of ether oxygens (including phenoxy) is 1. The van der Waals surface area contributed by atoms with Crippen LogP contribution in [-0.2, 0) is 14.9 Å². The molecule has 1 unspecified atom stereocenters. The average Bonchev–Trinajstić information content (AvgIpc) is 3.42. The van der Waals surface area contributed by atoms with Crippen molar-refractivity contribution < 1.29 is 14.3 Å². The molecular weight excluding hydrogens is 426 g/mol. The van der Waals surface area contributed by atoms with E-state index in [1.807, 2.05) is 16.7 Å². The highest BCUT2D eigenvalue weighted by Crippen LogP contribution is 2.44. The number of benzene rings is 1. The Labute approximate surface area is 204 Å². The molecule has 1 aromatic rings. The van der Waals surface area contributed by atoms with Crippen LogP contribution in [0.15, 0.2) is 30.3 Å². The molecule has 2 amide bonds. The molecule has 0 bridgehead atoms. The normalized spacial score (nSPS) is 23.1. The molecule has 186 valence electrons. The van der Waals surface area contributed by atoms with Crippen LogP contribution in [-0.4, -0.2) is 79.1 Å². The van der Waals surface area contributed by atoms with Gasteiger partial charge in [-0.1, -0.05) is 37.3 Å². The molecule has 6 nitrogen and oxygen atoms in total. The molecule has 4 rings (SSSR count). The highest BCUT2D eigenvalue weighted by Gasteiger charge is 2.38. The first-order valence-electron chi connectivity index (χ1n) is 13.2. The Bertz CT molecular complexity index is 900. The lowest BCUT2D eigenvalue weighted by Crippen LogP contribution is -2.46. The van der Waals surface area contributed by atoms with Crippen molar-refractivity contribution in [2.45, 2.75) is 70.3 Å². The number of allylic oxidation sites excluding steroid dienone is 1. The summed E-state index contributed by atoms with van der Waals surface area (Å²) in [5, 5.41) is 0.